The van der Waals surface area contributed by atoms with Gasteiger partial charge < -0.3 is 10.2 Å². The van der Waals surface area contributed by atoms with Crippen molar-refractivity contribution >= 4 is 0 Å². The van der Waals surface area contributed by atoms with E-state index in [1.807, 2.05) is 24.3 Å². The first-order valence-electron chi connectivity index (χ1n) is 4.63. The fourth-order valence-electron chi connectivity index (χ4n) is 1.54. The van der Waals surface area contributed by atoms with E-state index in [0.717, 1.165) is 30.4 Å². The number of hydrogen-bond donors (Lipinski definition) is 2. The van der Waals surface area contributed by atoms with Crippen molar-refractivity contribution in [1.82, 2.24) is 0 Å². The second kappa shape index (κ2) is 3.13. The van der Waals surface area contributed by atoms with Crippen molar-refractivity contribution in [2.75, 3.05) is 0 Å². The third-order valence-corrected chi connectivity index (χ3v) is 2.53. The van der Waals surface area contributed by atoms with Crippen molar-refractivity contribution in [3.63, 3.8) is 0 Å². The van der Waals surface area contributed by atoms with Crippen molar-refractivity contribution in [3.05, 3.63) is 35.4 Å². The van der Waals surface area contributed by atoms with Gasteiger partial charge in [0.15, 0.2) is 0 Å². The van der Waals surface area contributed by atoms with E-state index in [0.29, 0.717) is 0 Å². The van der Waals surface area contributed by atoms with Crippen LogP contribution in [0.25, 0.3) is 0 Å². The highest BCUT2D eigenvalue weighted by Gasteiger charge is 2.39. The molecule has 2 nitrogen and oxygen atoms in total. The van der Waals surface area contributed by atoms with Gasteiger partial charge in [-0.3, -0.25) is 0 Å². The van der Waals surface area contributed by atoms with Gasteiger partial charge in [-0.2, -0.15) is 0 Å². The maximum Gasteiger partial charge on any atom is 0.0690 e. The summed E-state index contributed by atoms with van der Waals surface area (Å²) in [5, 5.41) is 18.6. The standard InChI is InChI=1S/C11H14O2/c12-8-10-3-1-2-9(6-10)7-11(13)4-5-11/h1-3,6,12-13H,4-5,7-8H2. The van der Waals surface area contributed by atoms with Crippen molar-refractivity contribution in [3.8, 4) is 0 Å². The van der Waals surface area contributed by atoms with Crippen LogP contribution in [0, 0.1) is 0 Å². The predicted octanol–water partition coefficient (Wildman–Crippen LogP) is 1.25. The van der Waals surface area contributed by atoms with Crippen LogP contribution in [0.3, 0.4) is 0 Å². The summed E-state index contributed by atoms with van der Waals surface area (Å²) in [5.41, 5.74) is 1.60. The van der Waals surface area contributed by atoms with Crippen LogP contribution in [0.5, 0.6) is 0 Å². The molecule has 0 saturated heterocycles. The first-order valence-corrected chi connectivity index (χ1v) is 4.63. The van der Waals surface area contributed by atoms with E-state index in [4.69, 9.17) is 5.11 Å². The van der Waals surface area contributed by atoms with Crippen LogP contribution in [0.4, 0.5) is 0 Å². The maximum absolute atomic E-state index is 9.68. The van der Waals surface area contributed by atoms with Crippen LogP contribution in [0.2, 0.25) is 0 Å². The molecule has 1 aromatic carbocycles. The summed E-state index contributed by atoms with van der Waals surface area (Å²) in [6.45, 7) is 0.0757. The van der Waals surface area contributed by atoms with E-state index < -0.39 is 5.60 Å². The van der Waals surface area contributed by atoms with Gasteiger partial charge in [0.05, 0.1) is 12.2 Å². The molecule has 0 aromatic heterocycles. The lowest BCUT2D eigenvalue weighted by Gasteiger charge is -2.07. The molecule has 0 radical (unpaired) electrons. The Kier molecular flexibility index (Phi) is 2.10. The lowest BCUT2D eigenvalue weighted by Crippen LogP contribution is -2.10. The van der Waals surface area contributed by atoms with Crippen LogP contribution < -0.4 is 0 Å². The molecule has 0 aliphatic heterocycles. The Labute approximate surface area is 77.8 Å². The SMILES string of the molecule is OCc1cccc(CC2(O)CC2)c1. The average Bonchev–Trinajstić information content (AvgIpc) is 2.84. The molecule has 1 aliphatic rings. The molecule has 0 heterocycles. The fourth-order valence-corrected chi connectivity index (χ4v) is 1.54. The third kappa shape index (κ3) is 2.08. The number of aliphatic hydroxyl groups excluding tert-OH is 1. The summed E-state index contributed by atoms with van der Waals surface area (Å²) in [4.78, 5) is 0. The van der Waals surface area contributed by atoms with Crippen molar-refractivity contribution < 1.29 is 10.2 Å². The zero-order valence-electron chi connectivity index (χ0n) is 7.53. The molecule has 0 atom stereocenters. The van der Waals surface area contributed by atoms with Crippen LogP contribution in [-0.2, 0) is 13.0 Å². The quantitative estimate of drug-likeness (QED) is 0.731. The van der Waals surface area contributed by atoms with Gasteiger partial charge in [0.2, 0.25) is 0 Å². The highest BCUT2D eigenvalue weighted by atomic mass is 16.3. The lowest BCUT2D eigenvalue weighted by atomic mass is 10.0. The van der Waals surface area contributed by atoms with E-state index in [1.54, 1.807) is 0 Å². The van der Waals surface area contributed by atoms with Gasteiger partial charge in [0, 0.05) is 6.42 Å². The highest BCUT2D eigenvalue weighted by molar-refractivity contribution is 5.25. The van der Waals surface area contributed by atoms with Crippen LogP contribution in [-0.4, -0.2) is 15.8 Å². The smallest absolute Gasteiger partial charge is 0.0690 e. The molecule has 2 rings (SSSR count). The van der Waals surface area contributed by atoms with E-state index in [9.17, 15) is 5.11 Å². The van der Waals surface area contributed by atoms with Crippen molar-refractivity contribution in [1.29, 1.82) is 0 Å². The minimum atomic E-state index is -0.436. The summed E-state index contributed by atoms with van der Waals surface area (Å²) in [6.07, 6.45) is 2.55. The van der Waals surface area contributed by atoms with Gasteiger partial charge in [-0.25, -0.2) is 0 Å². The summed E-state index contributed by atoms with van der Waals surface area (Å²) in [7, 11) is 0. The second-order valence-corrected chi connectivity index (χ2v) is 3.88. The Bertz CT molecular complexity index is 303. The molecule has 1 saturated carbocycles. The maximum atomic E-state index is 9.68. The summed E-state index contributed by atoms with van der Waals surface area (Å²) < 4.78 is 0. The van der Waals surface area contributed by atoms with E-state index in [2.05, 4.69) is 0 Å². The molecule has 0 unspecified atom stereocenters. The summed E-state index contributed by atoms with van der Waals surface area (Å²) in [5.74, 6) is 0. The number of rotatable bonds is 3. The van der Waals surface area contributed by atoms with Gasteiger partial charge in [-0.15, -0.1) is 0 Å². The monoisotopic (exact) mass is 178 g/mol. The van der Waals surface area contributed by atoms with E-state index in [1.165, 1.54) is 0 Å². The Morgan fingerprint density at radius 1 is 1.23 bits per heavy atom. The normalized spacial score (nSPS) is 18.6. The van der Waals surface area contributed by atoms with Gasteiger partial charge in [-0.05, 0) is 24.0 Å². The molecule has 1 fully saturated rings. The third-order valence-electron chi connectivity index (χ3n) is 2.53. The zero-order valence-corrected chi connectivity index (χ0v) is 7.53. The van der Waals surface area contributed by atoms with Gasteiger partial charge in [-0.1, -0.05) is 24.3 Å². The lowest BCUT2D eigenvalue weighted by molar-refractivity contribution is 0.151. The van der Waals surface area contributed by atoms with Gasteiger partial charge in [0.25, 0.3) is 0 Å². The minimum absolute atomic E-state index is 0.0757. The minimum Gasteiger partial charge on any atom is -0.392 e. The number of hydrogen-bond acceptors (Lipinski definition) is 2. The number of aliphatic hydroxyl groups is 2. The largest absolute Gasteiger partial charge is 0.392 e. The molecule has 13 heavy (non-hydrogen) atoms. The summed E-state index contributed by atoms with van der Waals surface area (Å²) in [6, 6.07) is 7.76. The second-order valence-electron chi connectivity index (χ2n) is 3.88. The van der Waals surface area contributed by atoms with Crippen LogP contribution in [0.15, 0.2) is 24.3 Å². The predicted molar refractivity (Wildman–Crippen MR) is 50.3 cm³/mol. The zero-order chi connectivity index (χ0) is 9.31. The molecule has 1 aliphatic carbocycles. The Morgan fingerprint density at radius 2 is 1.92 bits per heavy atom. The molecule has 0 spiro atoms. The first kappa shape index (κ1) is 8.73. The molecular weight excluding hydrogens is 164 g/mol. The van der Waals surface area contributed by atoms with Crippen LogP contribution in [0.1, 0.15) is 24.0 Å². The number of benzene rings is 1. The van der Waals surface area contributed by atoms with Crippen LogP contribution >= 0.6 is 0 Å². The Morgan fingerprint density at radius 3 is 2.54 bits per heavy atom. The van der Waals surface area contributed by atoms with E-state index in [-0.39, 0.29) is 6.61 Å². The molecule has 0 amide bonds. The fraction of sp³-hybridized carbons (Fsp3) is 0.455. The average molecular weight is 178 g/mol. The topological polar surface area (TPSA) is 40.5 Å². The molecule has 2 heteroatoms. The van der Waals surface area contributed by atoms with E-state index >= 15 is 0 Å². The van der Waals surface area contributed by atoms with Crippen molar-refractivity contribution in [2.24, 2.45) is 0 Å². The molecule has 1 aromatic rings. The van der Waals surface area contributed by atoms with Crippen molar-refractivity contribution in [2.45, 2.75) is 31.5 Å². The first-order chi connectivity index (χ1) is 6.22. The molecule has 2 N–H and O–H groups in total. The molecular formula is C11H14O2. The van der Waals surface area contributed by atoms with Gasteiger partial charge in [0.1, 0.15) is 0 Å². The highest BCUT2D eigenvalue weighted by Crippen LogP contribution is 2.38. The molecule has 0 bridgehead atoms. The Hall–Kier alpha value is -0.860. The Balaban J connectivity index is 2.11. The summed E-state index contributed by atoms with van der Waals surface area (Å²) >= 11 is 0. The molecule has 70 valence electrons. The van der Waals surface area contributed by atoms with Gasteiger partial charge >= 0.3 is 0 Å².